The highest BCUT2D eigenvalue weighted by molar-refractivity contribution is 6.07. The summed E-state index contributed by atoms with van der Waals surface area (Å²) in [6.45, 7) is 24.3. The molecule has 2 nitrogen and oxygen atoms in total. The van der Waals surface area contributed by atoms with Gasteiger partial charge in [-0.3, -0.25) is 4.98 Å². The third kappa shape index (κ3) is 8.70. The van der Waals surface area contributed by atoms with Gasteiger partial charge in [-0.25, -0.2) is 0 Å². The Labute approximate surface area is 358 Å². The van der Waals surface area contributed by atoms with Crippen molar-refractivity contribution in [1.29, 1.82) is 0 Å². The highest BCUT2D eigenvalue weighted by Gasteiger charge is 2.49. The van der Waals surface area contributed by atoms with Crippen LogP contribution in [-0.2, 0) is 6.42 Å². The van der Waals surface area contributed by atoms with E-state index in [0.717, 1.165) is 62.8 Å². The molecule has 2 heteroatoms. The van der Waals surface area contributed by atoms with Gasteiger partial charge in [-0.05, 0) is 154 Å². The Hall–Kier alpha value is -4.95. The van der Waals surface area contributed by atoms with Crippen LogP contribution in [-0.4, -0.2) is 11.5 Å². The van der Waals surface area contributed by atoms with E-state index in [2.05, 4.69) is 130 Å². The first-order valence-corrected chi connectivity index (χ1v) is 22.7. The Balaban J connectivity index is 0.000000782. The summed E-state index contributed by atoms with van der Waals surface area (Å²) in [6, 6.07) is 16.2. The first kappa shape index (κ1) is 45.1. The summed E-state index contributed by atoms with van der Waals surface area (Å²) in [6.07, 6.45) is 35.2. The molecule has 59 heavy (non-hydrogen) atoms. The molecule has 0 spiro atoms. The maximum atomic E-state index is 5.13. The fourth-order valence-electron chi connectivity index (χ4n) is 10.3. The number of hydrogen-bond acceptors (Lipinski definition) is 2. The van der Waals surface area contributed by atoms with Crippen molar-refractivity contribution in [2.75, 3.05) is 6.54 Å². The second-order valence-electron chi connectivity index (χ2n) is 15.8. The number of rotatable bonds is 8. The Morgan fingerprint density at radius 2 is 1.73 bits per heavy atom. The molecular weight excluding hydrogens is 713 g/mol. The number of allylic oxidation sites excluding steroid dienone is 15. The number of hydrogen-bond donors (Lipinski definition) is 1. The van der Waals surface area contributed by atoms with Gasteiger partial charge in [-0.1, -0.05) is 160 Å². The smallest absolute Gasteiger partial charge is 0.0667 e. The molecule has 6 aliphatic carbocycles. The molecule has 1 saturated carbocycles. The van der Waals surface area contributed by atoms with E-state index >= 15 is 0 Å². The quantitative estimate of drug-likeness (QED) is 0.246. The topological polar surface area (TPSA) is 24.9 Å². The van der Waals surface area contributed by atoms with E-state index in [-0.39, 0.29) is 19.3 Å². The Morgan fingerprint density at radius 3 is 2.44 bits per heavy atom. The monoisotopic (exact) mass is 785 g/mol. The summed E-state index contributed by atoms with van der Waals surface area (Å²) < 4.78 is 0. The molecule has 0 aliphatic heterocycles. The molecule has 3 aromatic rings. The molecule has 0 bridgehead atoms. The third-order valence-corrected chi connectivity index (χ3v) is 12.3. The summed E-state index contributed by atoms with van der Waals surface area (Å²) in [5.41, 5.74) is 18.2. The number of benzene rings is 2. The van der Waals surface area contributed by atoms with Gasteiger partial charge in [0.1, 0.15) is 0 Å². The van der Waals surface area contributed by atoms with Crippen LogP contribution in [0.3, 0.4) is 0 Å². The van der Waals surface area contributed by atoms with Crippen molar-refractivity contribution in [2.24, 2.45) is 17.8 Å². The molecule has 0 radical (unpaired) electrons. The van der Waals surface area contributed by atoms with Gasteiger partial charge in [0.15, 0.2) is 0 Å². The Kier molecular flexibility index (Phi) is 16.3. The van der Waals surface area contributed by atoms with Crippen molar-refractivity contribution >= 4 is 28.0 Å². The minimum Gasteiger partial charge on any atom is -0.387 e. The highest BCUT2D eigenvalue weighted by atomic mass is 14.8. The van der Waals surface area contributed by atoms with Crippen LogP contribution < -0.4 is 5.32 Å². The second-order valence-corrected chi connectivity index (χ2v) is 15.8. The number of nitrogens with one attached hydrogen (secondary N) is 1. The molecular formula is C57H72N2. The lowest BCUT2D eigenvalue weighted by atomic mass is 9.62. The maximum Gasteiger partial charge on any atom is 0.0667 e. The van der Waals surface area contributed by atoms with Gasteiger partial charge >= 0.3 is 0 Å². The molecule has 4 atom stereocenters. The van der Waals surface area contributed by atoms with Crippen LogP contribution in [0, 0.1) is 17.8 Å². The van der Waals surface area contributed by atoms with E-state index in [1.54, 1.807) is 0 Å². The molecule has 2 aromatic carbocycles. The van der Waals surface area contributed by atoms with Gasteiger partial charge in [0, 0.05) is 30.5 Å². The van der Waals surface area contributed by atoms with Gasteiger partial charge < -0.3 is 5.32 Å². The standard InChI is InChI=1S/C49H48N2.C3H8.2C2H6.CH4/c1-4-6-24-50-30-44-40-28-39-38(37-22-15-21-36-35-20-12-8-11-19-33(35)27-42(39)47(36)37)29-43(40)48(45-23-13-14-25-51-45)49-41(26-32-17-9-7-10-18-32)34(16-5-2)31(3)46(44)49;1-3-2;2*1-2;/h5-6,9,11,13-19,21-25,27-28,38,40-41,43,50H,2-4,7-8,10,12,20,26,29-30H2,1H3;3H2,1-2H3;2*1-2H3;1H4/b24-6-,34-16+;;;;/t38-,40?,41?,43?;;;;/m0..../s1. The summed E-state index contributed by atoms with van der Waals surface area (Å²) in [5, 5.41) is 6.72. The molecule has 3 unspecified atom stereocenters. The largest absolute Gasteiger partial charge is 0.387 e. The van der Waals surface area contributed by atoms with E-state index in [1.165, 1.54) is 84.9 Å². The second kappa shape index (κ2) is 21.3. The lowest BCUT2D eigenvalue weighted by molar-refractivity contribution is 0.453. The van der Waals surface area contributed by atoms with Crippen LogP contribution in [0.25, 0.3) is 28.0 Å². The summed E-state index contributed by atoms with van der Waals surface area (Å²) >= 11 is 0. The van der Waals surface area contributed by atoms with E-state index in [1.807, 2.05) is 40.0 Å². The zero-order chi connectivity index (χ0) is 41.2. The first-order valence-electron chi connectivity index (χ1n) is 22.7. The number of aromatic nitrogens is 1. The van der Waals surface area contributed by atoms with Gasteiger partial charge in [-0.2, -0.15) is 0 Å². The molecule has 1 aromatic heterocycles. The van der Waals surface area contributed by atoms with Crippen LogP contribution in [0.4, 0.5) is 0 Å². The number of fused-ring (bicyclic) bond motifs is 7. The normalized spacial score (nSPS) is 22.6. The molecule has 1 fully saturated rings. The fraction of sp³-hybridized carbons (Fsp3) is 0.386. The molecule has 1 heterocycles. The zero-order valence-electron chi connectivity index (χ0n) is 36.6. The first-order chi connectivity index (χ1) is 28.6. The van der Waals surface area contributed by atoms with Crippen molar-refractivity contribution in [2.45, 2.75) is 120 Å². The number of pyridine rings is 1. The Bertz CT molecular complexity index is 2230. The van der Waals surface area contributed by atoms with Crippen molar-refractivity contribution in [3.8, 4) is 0 Å². The van der Waals surface area contributed by atoms with Gasteiger partial charge in [-0.15, -0.1) is 0 Å². The molecule has 9 rings (SSSR count). The Morgan fingerprint density at radius 1 is 0.932 bits per heavy atom. The average Bonchev–Trinajstić information content (AvgIpc) is 3.57. The average molecular weight is 785 g/mol. The zero-order valence-corrected chi connectivity index (χ0v) is 36.6. The molecule has 6 aliphatic rings. The maximum absolute atomic E-state index is 5.13. The number of nitrogens with zero attached hydrogens (tertiary/aromatic N) is 1. The van der Waals surface area contributed by atoms with Gasteiger partial charge in [0.2, 0.25) is 0 Å². The van der Waals surface area contributed by atoms with Gasteiger partial charge in [0.25, 0.3) is 0 Å². The van der Waals surface area contributed by atoms with Crippen LogP contribution in [0.1, 0.15) is 141 Å². The van der Waals surface area contributed by atoms with Crippen LogP contribution >= 0.6 is 0 Å². The van der Waals surface area contributed by atoms with Gasteiger partial charge in [0.05, 0.1) is 5.69 Å². The number of aryl methyl sites for hydroxylation is 1. The summed E-state index contributed by atoms with van der Waals surface area (Å²) in [4.78, 5) is 5.13. The van der Waals surface area contributed by atoms with Crippen molar-refractivity contribution < 1.29 is 0 Å². The van der Waals surface area contributed by atoms with E-state index in [0.29, 0.717) is 11.8 Å². The predicted molar refractivity (Wildman–Crippen MR) is 261 cm³/mol. The van der Waals surface area contributed by atoms with Crippen LogP contribution in [0.15, 0.2) is 150 Å². The minimum absolute atomic E-state index is 0. The minimum atomic E-state index is 0. The molecule has 0 saturated heterocycles. The highest BCUT2D eigenvalue weighted by Crippen LogP contribution is 2.63. The molecule has 310 valence electrons. The van der Waals surface area contributed by atoms with E-state index in [4.69, 9.17) is 11.6 Å². The predicted octanol–water partition coefficient (Wildman–Crippen LogP) is 16.0. The lowest BCUT2D eigenvalue weighted by Crippen LogP contribution is -2.32. The van der Waals surface area contributed by atoms with Crippen molar-refractivity contribution in [1.82, 2.24) is 10.3 Å². The van der Waals surface area contributed by atoms with Crippen LogP contribution in [0.2, 0.25) is 0 Å². The van der Waals surface area contributed by atoms with E-state index < -0.39 is 0 Å². The summed E-state index contributed by atoms with van der Waals surface area (Å²) in [7, 11) is 0. The van der Waals surface area contributed by atoms with Crippen molar-refractivity contribution in [3.63, 3.8) is 0 Å². The molecule has 0 amide bonds. The third-order valence-electron chi connectivity index (χ3n) is 12.3. The van der Waals surface area contributed by atoms with Crippen molar-refractivity contribution in [3.05, 3.63) is 178 Å². The van der Waals surface area contributed by atoms with Crippen LogP contribution in [0.5, 0.6) is 0 Å². The van der Waals surface area contributed by atoms with E-state index in [9.17, 15) is 0 Å². The summed E-state index contributed by atoms with van der Waals surface area (Å²) in [5.74, 6) is 1.11. The molecule has 1 N–H and O–H groups in total. The fourth-order valence-corrected chi connectivity index (χ4v) is 10.3. The SMILES string of the molecule is C.C=C/C=C1\C(=C)C2=C(CN/C=C\CC)C3C=C4c5cc6c(c7cccc(c57)[C@@H]4CC3C(c3ccccn3)=C2C1CC1=CCCC=C1)CCCC=C6.CC.CC.CCC. The lowest BCUT2D eigenvalue weighted by Gasteiger charge is -2.42.